The lowest BCUT2D eigenvalue weighted by Crippen LogP contribution is -2.32. The Morgan fingerprint density at radius 2 is 2.20 bits per heavy atom. The predicted octanol–water partition coefficient (Wildman–Crippen LogP) is -1.58. The molecule has 0 aliphatic rings. The summed E-state index contributed by atoms with van der Waals surface area (Å²) >= 11 is 0. The van der Waals surface area contributed by atoms with E-state index in [0.717, 1.165) is 11.7 Å². The zero-order valence-electron chi connectivity index (χ0n) is 7.95. The topological polar surface area (TPSA) is 127 Å². The second kappa shape index (κ2) is 3.81. The standard InChI is InChI=1S/C5H9N5O4S/c1-3(4(11)12)15(13,14)8-5-6-9-10(2)7-5/h3H,1-2H3,(H,7,8)(H,11,12). The van der Waals surface area contributed by atoms with E-state index in [1.165, 1.54) is 7.05 Å². The van der Waals surface area contributed by atoms with Gasteiger partial charge in [0.1, 0.15) is 0 Å². The lowest BCUT2D eigenvalue weighted by Gasteiger charge is -2.07. The summed E-state index contributed by atoms with van der Waals surface area (Å²) in [7, 11) is -2.58. The summed E-state index contributed by atoms with van der Waals surface area (Å²) in [5, 5.41) is 17.2. The van der Waals surface area contributed by atoms with Gasteiger partial charge in [-0.15, -0.1) is 5.10 Å². The first-order chi connectivity index (χ1) is 6.83. The Morgan fingerprint density at radius 1 is 1.60 bits per heavy atom. The van der Waals surface area contributed by atoms with Crippen molar-refractivity contribution >= 4 is 21.9 Å². The molecule has 1 aromatic rings. The summed E-state index contributed by atoms with van der Waals surface area (Å²) in [6.45, 7) is 1.04. The molecule has 0 amide bonds. The number of carboxylic acid groups (broad SMARTS) is 1. The Labute approximate surface area is 85.1 Å². The quantitative estimate of drug-likeness (QED) is 0.644. The van der Waals surface area contributed by atoms with Gasteiger partial charge in [0.05, 0.1) is 7.05 Å². The fourth-order valence-corrected chi connectivity index (χ4v) is 1.45. The van der Waals surface area contributed by atoms with Gasteiger partial charge in [-0.1, -0.05) is 5.10 Å². The molecule has 1 rings (SSSR count). The molecule has 0 aliphatic carbocycles. The van der Waals surface area contributed by atoms with Gasteiger partial charge in [-0.2, -0.15) is 4.80 Å². The fourth-order valence-electron chi connectivity index (χ4n) is 0.673. The van der Waals surface area contributed by atoms with E-state index in [-0.39, 0.29) is 5.95 Å². The summed E-state index contributed by atoms with van der Waals surface area (Å²) in [4.78, 5) is 11.5. The third-order valence-electron chi connectivity index (χ3n) is 1.56. The molecule has 2 N–H and O–H groups in total. The Hall–Kier alpha value is -1.71. The van der Waals surface area contributed by atoms with Gasteiger partial charge in [-0.3, -0.25) is 4.79 Å². The Morgan fingerprint density at radius 3 is 2.60 bits per heavy atom. The number of hydrogen-bond acceptors (Lipinski definition) is 6. The molecular weight excluding hydrogens is 226 g/mol. The van der Waals surface area contributed by atoms with Crippen LogP contribution in [0.1, 0.15) is 6.92 Å². The molecule has 0 fully saturated rings. The second-order valence-electron chi connectivity index (χ2n) is 2.73. The highest BCUT2D eigenvalue weighted by Crippen LogP contribution is 2.05. The van der Waals surface area contributed by atoms with E-state index in [1.54, 1.807) is 0 Å². The molecule has 9 nitrogen and oxygen atoms in total. The highest BCUT2D eigenvalue weighted by Gasteiger charge is 2.28. The molecule has 10 heteroatoms. The van der Waals surface area contributed by atoms with Crippen LogP contribution in [0, 0.1) is 0 Å². The van der Waals surface area contributed by atoms with Crippen molar-refractivity contribution in [3.05, 3.63) is 0 Å². The Bertz CT molecular complexity index is 466. The van der Waals surface area contributed by atoms with Crippen LogP contribution in [-0.4, -0.2) is 45.0 Å². The molecule has 0 bridgehead atoms. The van der Waals surface area contributed by atoms with Crippen LogP contribution in [0.2, 0.25) is 0 Å². The van der Waals surface area contributed by atoms with Crippen LogP contribution < -0.4 is 4.72 Å². The molecular formula is C5H9N5O4S. The predicted molar refractivity (Wildman–Crippen MR) is 48.4 cm³/mol. The number of rotatable bonds is 4. The van der Waals surface area contributed by atoms with E-state index in [1.807, 2.05) is 4.72 Å². The molecule has 15 heavy (non-hydrogen) atoms. The monoisotopic (exact) mass is 235 g/mol. The van der Waals surface area contributed by atoms with Crippen LogP contribution >= 0.6 is 0 Å². The zero-order valence-corrected chi connectivity index (χ0v) is 8.76. The van der Waals surface area contributed by atoms with Crippen molar-refractivity contribution < 1.29 is 18.3 Å². The average molecular weight is 235 g/mol. The molecule has 0 saturated carbocycles. The van der Waals surface area contributed by atoms with Gasteiger partial charge in [0.15, 0.2) is 5.25 Å². The number of nitrogens with zero attached hydrogens (tertiary/aromatic N) is 4. The molecule has 1 unspecified atom stereocenters. The van der Waals surface area contributed by atoms with Gasteiger partial charge in [-0.05, 0) is 12.1 Å². The van der Waals surface area contributed by atoms with Crippen LogP contribution in [0.4, 0.5) is 5.95 Å². The van der Waals surface area contributed by atoms with Crippen molar-refractivity contribution in [1.82, 2.24) is 20.2 Å². The van der Waals surface area contributed by atoms with E-state index in [0.29, 0.717) is 0 Å². The van der Waals surface area contributed by atoms with Crippen molar-refractivity contribution in [3.8, 4) is 0 Å². The van der Waals surface area contributed by atoms with E-state index >= 15 is 0 Å². The fraction of sp³-hybridized carbons (Fsp3) is 0.600. The first-order valence-electron chi connectivity index (χ1n) is 3.81. The normalized spacial score (nSPS) is 13.5. The van der Waals surface area contributed by atoms with Crippen LogP contribution in [0.15, 0.2) is 0 Å². The average Bonchev–Trinajstić information content (AvgIpc) is 2.48. The van der Waals surface area contributed by atoms with Gasteiger partial charge in [0, 0.05) is 0 Å². The maximum absolute atomic E-state index is 11.3. The number of aliphatic carboxylic acids is 1. The van der Waals surface area contributed by atoms with Crippen molar-refractivity contribution in [2.45, 2.75) is 12.2 Å². The molecule has 1 heterocycles. The molecule has 0 aromatic carbocycles. The molecule has 1 atom stereocenters. The summed E-state index contributed by atoms with van der Waals surface area (Å²) < 4.78 is 24.6. The summed E-state index contributed by atoms with van der Waals surface area (Å²) in [5.74, 6) is -1.71. The van der Waals surface area contributed by atoms with E-state index in [9.17, 15) is 13.2 Å². The minimum atomic E-state index is -4.03. The maximum atomic E-state index is 11.3. The van der Waals surface area contributed by atoms with Crippen LogP contribution in [0.25, 0.3) is 0 Å². The number of carboxylic acids is 1. The smallest absolute Gasteiger partial charge is 0.323 e. The van der Waals surface area contributed by atoms with Crippen molar-refractivity contribution in [1.29, 1.82) is 0 Å². The van der Waals surface area contributed by atoms with E-state index in [2.05, 4.69) is 15.4 Å². The summed E-state index contributed by atoms with van der Waals surface area (Å²) in [5.41, 5.74) is 0. The minimum Gasteiger partial charge on any atom is -0.480 e. The molecule has 0 saturated heterocycles. The van der Waals surface area contributed by atoms with Crippen LogP contribution in [0.5, 0.6) is 0 Å². The molecule has 84 valence electrons. The van der Waals surface area contributed by atoms with Gasteiger partial charge in [-0.25, -0.2) is 13.1 Å². The number of tetrazole rings is 1. The van der Waals surface area contributed by atoms with Gasteiger partial charge < -0.3 is 5.11 Å². The molecule has 1 aromatic heterocycles. The third kappa shape index (κ3) is 2.62. The number of nitrogens with one attached hydrogen (secondary N) is 1. The number of hydrogen-bond donors (Lipinski definition) is 2. The summed E-state index contributed by atoms with van der Waals surface area (Å²) in [6.07, 6.45) is 0. The van der Waals surface area contributed by atoms with E-state index < -0.39 is 21.2 Å². The number of sulfonamides is 1. The number of aromatic nitrogens is 4. The Balaban J connectivity index is 2.86. The van der Waals surface area contributed by atoms with Crippen molar-refractivity contribution in [3.63, 3.8) is 0 Å². The first kappa shape index (κ1) is 11.4. The number of aryl methyl sites for hydroxylation is 1. The van der Waals surface area contributed by atoms with Crippen molar-refractivity contribution in [2.75, 3.05) is 4.72 Å². The molecule has 0 radical (unpaired) electrons. The minimum absolute atomic E-state index is 0.259. The van der Waals surface area contributed by atoms with Crippen LogP contribution in [-0.2, 0) is 21.9 Å². The van der Waals surface area contributed by atoms with Crippen molar-refractivity contribution in [2.24, 2.45) is 7.05 Å². The highest BCUT2D eigenvalue weighted by atomic mass is 32.2. The van der Waals surface area contributed by atoms with Gasteiger partial charge in [0.2, 0.25) is 10.0 Å². The summed E-state index contributed by atoms with van der Waals surface area (Å²) in [6, 6.07) is 0. The largest absolute Gasteiger partial charge is 0.480 e. The highest BCUT2D eigenvalue weighted by molar-refractivity contribution is 7.94. The molecule has 0 aliphatic heterocycles. The molecule has 0 spiro atoms. The van der Waals surface area contributed by atoms with E-state index in [4.69, 9.17) is 5.11 Å². The number of carbonyl (C=O) groups is 1. The lowest BCUT2D eigenvalue weighted by molar-refractivity contribution is -0.136. The van der Waals surface area contributed by atoms with Crippen LogP contribution in [0.3, 0.4) is 0 Å². The van der Waals surface area contributed by atoms with Gasteiger partial charge in [0.25, 0.3) is 5.95 Å². The number of anilines is 1. The third-order valence-corrected chi connectivity index (χ3v) is 3.15. The first-order valence-corrected chi connectivity index (χ1v) is 5.36. The SMILES string of the molecule is CC(C(=O)O)S(=O)(=O)Nc1nnn(C)n1. The maximum Gasteiger partial charge on any atom is 0.323 e. The zero-order chi connectivity index (χ0) is 11.6. The lowest BCUT2D eigenvalue weighted by atomic mass is 10.5. The van der Waals surface area contributed by atoms with Gasteiger partial charge >= 0.3 is 5.97 Å². The Kier molecular flexibility index (Phi) is 2.88. The second-order valence-corrected chi connectivity index (χ2v) is 4.73.